The Morgan fingerprint density at radius 3 is 2.70 bits per heavy atom. The van der Waals surface area contributed by atoms with Crippen molar-refractivity contribution in [1.82, 2.24) is 5.32 Å². The number of nitrogens with zero attached hydrogens (tertiary/aromatic N) is 1. The van der Waals surface area contributed by atoms with Crippen LogP contribution in [0.3, 0.4) is 0 Å². The Morgan fingerprint density at radius 2 is 2.20 bits per heavy atom. The smallest absolute Gasteiger partial charge is 0.255 e. The molecule has 0 aliphatic carbocycles. The molecular formula is C13H15N3O3S. The van der Waals surface area contributed by atoms with Crippen LogP contribution in [0.1, 0.15) is 13.8 Å². The number of benzene rings is 1. The molecule has 0 bridgehead atoms. The van der Waals surface area contributed by atoms with Crippen LogP contribution in [0.15, 0.2) is 18.2 Å². The molecule has 1 aromatic rings. The molecule has 0 aromatic heterocycles. The average molecular weight is 293 g/mol. The molecule has 2 N–H and O–H groups in total. The number of hydrogen-bond acceptors (Lipinski definition) is 4. The second-order valence-electron chi connectivity index (χ2n) is 4.41. The Labute approximate surface area is 122 Å². The zero-order chi connectivity index (χ0) is 14.9. The van der Waals surface area contributed by atoms with E-state index in [1.165, 1.54) is 18.9 Å². The van der Waals surface area contributed by atoms with E-state index in [1.807, 2.05) is 0 Å². The van der Waals surface area contributed by atoms with Gasteiger partial charge >= 0.3 is 0 Å². The van der Waals surface area contributed by atoms with Gasteiger partial charge in [0.1, 0.15) is 11.8 Å². The minimum Gasteiger partial charge on any atom is -0.495 e. The van der Waals surface area contributed by atoms with Crippen LogP contribution in [-0.2, 0) is 9.59 Å². The molecule has 1 heterocycles. The van der Waals surface area contributed by atoms with Crippen LogP contribution < -0.4 is 20.3 Å². The third-order valence-corrected chi connectivity index (χ3v) is 3.19. The molecule has 1 aromatic carbocycles. The van der Waals surface area contributed by atoms with E-state index >= 15 is 0 Å². The van der Waals surface area contributed by atoms with E-state index in [4.69, 9.17) is 17.0 Å². The minimum atomic E-state index is -0.353. The van der Waals surface area contributed by atoms with Gasteiger partial charge in [0, 0.05) is 6.92 Å². The number of ether oxygens (including phenoxy) is 1. The first kappa shape index (κ1) is 14.3. The molecule has 1 aliphatic heterocycles. The summed E-state index contributed by atoms with van der Waals surface area (Å²) in [5, 5.41) is 5.91. The summed E-state index contributed by atoms with van der Waals surface area (Å²) in [5.74, 6) is 0.165. The molecule has 1 aliphatic rings. The third kappa shape index (κ3) is 2.57. The van der Waals surface area contributed by atoms with Gasteiger partial charge in [0.05, 0.1) is 18.5 Å². The summed E-state index contributed by atoms with van der Waals surface area (Å²) in [6, 6.07) is 4.70. The van der Waals surface area contributed by atoms with Crippen molar-refractivity contribution in [2.45, 2.75) is 19.9 Å². The number of nitrogens with one attached hydrogen (secondary N) is 2. The Kier molecular flexibility index (Phi) is 3.89. The molecule has 0 saturated carbocycles. The summed E-state index contributed by atoms with van der Waals surface area (Å²) >= 11 is 5.14. The first-order valence-corrected chi connectivity index (χ1v) is 6.45. The Bertz CT molecular complexity index is 588. The van der Waals surface area contributed by atoms with E-state index in [0.29, 0.717) is 22.2 Å². The van der Waals surface area contributed by atoms with Gasteiger partial charge in [0.15, 0.2) is 5.11 Å². The molecule has 1 saturated heterocycles. The van der Waals surface area contributed by atoms with Crippen molar-refractivity contribution in [2.24, 2.45) is 0 Å². The maximum Gasteiger partial charge on any atom is 0.255 e. The number of hydrogen-bond donors (Lipinski definition) is 2. The lowest BCUT2D eigenvalue weighted by molar-refractivity contribution is -0.118. The highest BCUT2D eigenvalue weighted by molar-refractivity contribution is 7.80. The van der Waals surface area contributed by atoms with Crippen LogP contribution in [0.5, 0.6) is 5.75 Å². The number of amides is 2. The maximum atomic E-state index is 12.1. The summed E-state index contributed by atoms with van der Waals surface area (Å²) in [6.07, 6.45) is 0. The van der Waals surface area contributed by atoms with E-state index in [2.05, 4.69) is 10.6 Å². The Balaban J connectivity index is 2.40. The molecule has 0 radical (unpaired) electrons. The molecule has 0 unspecified atom stereocenters. The van der Waals surface area contributed by atoms with Crippen molar-refractivity contribution in [3.8, 4) is 5.75 Å². The predicted octanol–water partition coefficient (Wildman–Crippen LogP) is 1.26. The van der Waals surface area contributed by atoms with Crippen molar-refractivity contribution in [3.05, 3.63) is 18.2 Å². The highest BCUT2D eigenvalue weighted by Gasteiger charge is 2.33. The fourth-order valence-corrected chi connectivity index (χ4v) is 2.34. The van der Waals surface area contributed by atoms with E-state index in [1.54, 1.807) is 25.1 Å². The standard InChI is InChI=1S/C13H15N3O3S/c1-7-12(18)16(13(20)14-7)9-4-5-11(19-3)10(6-9)15-8(2)17/h4-7H,1-3H3,(H,14,20)(H,15,17)/t7-/m0/s1. The van der Waals surface area contributed by atoms with Crippen LogP contribution >= 0.6 is 12.2 Å². The Hall–Kier alpha value is -2.15. The zero-order valence-electron chi connectivity index (χ0n) is 11.4. The van der Waals surface area contributed by atoms with Crippen LogP contribution in [0.4, 0.5) is 11.4 Å². The Morgan fingerprint density at radius 1 is 1.50 bits per heavy atom. The fraction of sp³-hybridized carbons (Fsp3) is 0.308. The number of anilines is 2. The summed E-state index contributed by atoms with van der Waals surface area (Å²) in [6.45, 7) is 3.15. The molecule has 1 fully saturated rings. The van der Waals surface area contributed by atoms with Gasteiger partial charge in [-0.25, -0.2) is 0 Å². The second-order valence-corrected chi connectivity index (χ2v) is 4.80. The van der Waals surface area contributed by atoms with Gasteiger partial charge in [-0.05, 0) is 37.3 Å². The summed E-state index contributed by atoms with van der Waals surface area (Å²) < 4.78 is 5.17. The van der Waals surface area contributed by atoms with Crippen LogP contribution in [-0.4, -0.2) is 30.1 Å². The largest absolute Gasteiger partial charge is 0.495 e. The topological polar surface area (TPSA) is 70.7 Å². The first-order valence-electron chi connectivity index (χ1n) is 6.04. The lowest BCUT2D eigenvalue weighted by Crippen LogP contribution is -2.30. The lowest BCUT2D eigenvalue weighted by Gasteiger charge is -2.17. The average Bonchev–Trinajstić information content (AvgIpc) is 2.62. The van der Waals surface area contributed by atoms with Crippen molar-refractivity contribution in [2.75, 3.05) is 17.3 Å². The molecule has 106 valence electrons. The summed E-state index contributed by atoms with van der Waals surface area (Å²) in [5.41, 5.74) is 1.08. The summed E-state index contributed by atoms with van der Waals surface area (Å²) in [7, 11) is 1.51. The minimum absolute atomic E-state index is 0.131. The van der Waals surface area contributed by atoms with Crippen LogP contribution in [0.2, 0.25) is 0 Å². The van der Waals surface area contributed by atoms with Gasteiger partial charge in [-0.15, -0.1) is 0 Å². The van der Waals surface area contributed by atoms with Gasteiger partial charge in [-0.1, -0.05) is 0 Å². The van der Waals surface area contributed by atoms with E-state index < -0.39 is 0 Å². The van der Waals surface area contributed by atoms with Crippen LogP contribution in [0.25, 0.3) is 0 Å². The van der Waals surface area contributed by atoms with Crippen molar-refractivity contribution >= 4 is 40.5 Å². The van der Waals surface area contributed by atoms with Gasteiger partial charge in [0.2, 0.25) is 5.91 Å². The lowest BCUT2D eigenvalue weighted by atomic mass is 10.2. The third-order valence-electron chi connectivity index (χ3n) is 2.89. The van der Waals surface area contributed by atoms with E-state index in [9.17, 15) is 9.59 Å². The number of thiocarbonyl (C=S) groups is 1. The fourth-order valence-electron chi connectivity index (χ4n) is 1.97. The molecule has 2 amide bonds. The van der Waals surface area contributed by atoms with Crippen LogP contribution in [0, 0.1) is 0 Å². The summed E-state index contributed by atoms with van der Waals surface area (Å²) in [4.78, 5) is 24.7. The quantitative estimate of drug-likeness (QED) is 0.821. The molecule has 2 rings (SSSR count). The molecule has 20 heavy (non-hydrogen) atoms. The normalized spacial score (nSPS) is 17.9. The maximum absolute atomic E-state index is 12.1. The number of carbonyl (C=O) groups is 2. The molecule has 1 atom stereocenters. The predicted molar refractivity (Wildman–Crippen MR) is 80.0 cm³/mol. The van der Waals surface area contributed by atoms with Crippen molar-refractivity contribution in [1.29, 1.82) is 0 Å². The van der Waals surface area contributed by atoms with Crippen molar-refractivity contribution < 1.29 is 14.3 Å². The highest BCUT2D eigenvalue weighted by atomic mass is 32.1. The molecular weight excluding hydrogens is 278 g/mol. The molecule has 0 spiro atoms. The van der Waals surface area contributed by atoms with Crippen molar-refractivity contribution in [3.63, 3.8) is 0 Å². The number of rotatable bonds is 3. The zero-order valence-corrected chi connectivity index (χ0v) is 12.2. The SMILES string of the molecule is COc1ccc(N2C(=O)[C@H](C)NC2=S)cc1NC(C)=O. The van der Waals surface area contributed by atoms with E-state index in [-0.39, 0.29) is 17.9 Å². The van der Waals surface area contributed by atoms with E-state index in [0.717, 1.165) is 0 Å². The molecule has 6 nitrogen and oxygen atoms in total. The second kappa shape index (κ2) is 5.46. The molecule has 7 heteroatoms. The highest BCUT2D eigenvalue weighted by Crippen LogP contribution is 2.31. The van der Waals surface area contributed by atoms with Gasteiger partial charge in [-0.3, -0.25) is 14.5 Å². The number of methoxy groups -OCH3 is 1. The number of carbonyl (C=O) groups excluding carboxylic acids is 2. The van der Waals surface area contributed by atoms with Gasteiger partial charge < -0.3 is 15.4 Å². The van der Waals surface area contributed by atoms with Gasteiger partial charge in [-0.2, -0.15) is 0 Å². The van der Waals surface area contributed by atoms with Gasteiger partial charge in [0.25, 0.3) is 5.91 Å². The first-order chi connectivity index (χ1) is 9.43. The monoisotopic (exact) mass is 293 g/mol.